The normalized spacial score (nSPS) is 26.7. The largest absolute Gasteiger partial charge is 0.371 e. The van der Waals surface area contributed by atoms with E-state index in [0.29, 0.717) is 24.7 Å². The summed E-state index contributed by atoms with van der Waals surface area (Å²) in [6.45, 7) is 7.26. The Balaban J connectivity index is 1.40. The molecule has 1 amide bonds. The molecule has 2 saturated heterocycles. The van der Waals surface area contributed by atoms with Crippen LogP contribution >= 0.6 is 0 Å². The Morgan fingerprint density at radius 2 is 1.71 bits per heavy atom. The molecule has 2 aliphatic rings. The molecule has 7 heteroatoms. The monoisotopic (exact) mass is 382 g/mol. The van der Waals surface area contributed by atoms with E-state index in [1.54, 1.807) is 18.3 Å². The predicted octanol–water partition coefficient (Wildman–Crippen LogP) is 2.15. The molecule has 0 bridgehead atoms. The van der Waals surface area contributed by atoms with Crippen LogP contribution in [0.1, 0.15) is 36.8 Å². The Labute approximate surface area is 164 Å². The van der Waals surface area contributed by atoms with Gasteiger partial charge in [-0.15, -0.1) is 0 Å². The smallest absolute Gasteiger partial charge is 0.251 e. The Bertz CT molecular complexity index is 837. The predicted molar refractivity (Wildman–Crippen MR) is 105 cm³/mol. The average Bonchev–Trinajstić information content (AvgIpc) is 3.26. The number of hydrogen-bond donors (Lipinski definition) is 2. The molecule has 3 heterocycles. The summed E-state index contributed by atoms with van der Waals surface area (Å²) in [5.74, 6) is 0.457. The first-order valence-corrected chi connectivity index (χ1v) is 9.61. The van der Waals surface area contributed by atoms with Gasteiger partial charge in [0.05, 0.1) is 31.0 Å². The molecule has 0 aliphatic carbocycles. The summed E-state index contributed by atoms with van der Waals surface area (Å²) < 4.78 is 11.9. The third-order valence-corrected chi connectivity index (χ3v) is 5.14. The first-order chi connectivity index (χ1) is 13.4. The Hall–Kier alpha value is -2.51. The molecule has 0 radical (unpaired) electrons. The highest BCUT2D eigenvalue weighted by molar-refractivity contribution is 5.94. The lowest BCUT2D eigenvalue weighted by Gasteiger charge is -2.21. The summed E-state index contributed by atoms with van der Waals surface area (Å²) in [5.41, 5.74) is 1.55. The van der Waals surface area contributed by atoms with Crippen LogP contribution in [0.4, 0.5) is 5.95 Å². The molecule has 2 fully saturated rings. The maximum Gasteiger partial charge on any atom is 0.251 e. The van der Waals surface area contributed by atoms with Crippen molar-refractivity contribution in [3.05, 3.63) is 53.9 Å². The minimum absolute atomic E-state index is 0.0508. The standard InChI is InChI=1S/C21H26N4O3/c1-21(2,3)16-9-10-22-20(25-16)24-15-12-28-17-14(11-27-18(15)17)23-19(26)13-7-5-4-6-8-13/h4-10,14-15,17-18H,11-12H2,1-3H3,(H,23,26)(H,22,24,25)/t14-,15-,17+,18+/m0/s1. The molecule has 1 aromatic heterocycles. The number of ether oxygens (including phenoxy) is 2. The summed E-state index contributed by atoms with van der Waals surface area (Å²) >= 11 is 0. The second kappa shape index (κ2) is 7.48. The number of carbonyl (C=O) groups is 1. The van der Waals surface area contributed by atoms with E-state index in [-0.39, 0.29) is 35.6 Å². The Kier molecular flexibility index (Phi) is 5.03. The maximum absolute atomic E-state index is 12.4. The van der Waals surface area contributed by atoms with Gasteiger partial charge in [-0.25, -0.2) is 9.97 Å². The molecule has 2 aliphatic heterocycles. The van der Waals surface area contributed by atoms with Crippen molar-refractivity contribution in [2.75, 3.05) is 18.5 Å². The number of carbonyl (C=O) groups excluding carboxylic acids is 1. The van der Waals surface area contributed by atoms with Gasteiger partial charge in [-0.2, -0.15) is 0 Å². The van der Waals surface area contributed by atoms with Gasteiger partial charge in [0.1, 0.15) is 12.2 Å². The highest BCUT2D eigenvalue weighted by Crippen LogP contribution is 2.29. The molecule has 4 atom stereocenters. The number of aromatic nitrogens is 2. The van der Waals surface area contributed by atoms with Gasteiger partial charge in [-0.1, -0.05) is 39.0 Å². The van der Waals surface area contributed by atoms with Crippen molar-refractivity contribution in [2.24, 2.45) is 0 Å². The third-order valence-electron chi connectivity index (χ3n) is 5.14. The minimum Gasteiger partial charge on any atom is -0.371 e. The van der Waals surface area contributed by atoms with Crippen LogP contribution in [0.3, 0.4) is 0 Å². The number of benzene rings is 1. The highest BCUT2D eigenvalue weighted by Gasteiger charge is 2.48. The fourth-order valence-electron chi connectivity index (χ4n) is 3.60. The molecular weight excluding hydrogens is 356 g/mol. The Morgan fingerprint density at radius 3 is 2.43 bits per heavy atom. The van der Waals surface area contributed by atoms with E-state index in [2.05, 4.69) is 41.4 Å². The van der Waals surface area contributed by atoms with E-state index in [1.807, 2.05) is 24.3 Å². The molecule has 0 unspecified atom stereocenters. The molecule has 0 spiro atoms. The number of nitrogens with one attached hydrogen (secondary N) is 2. The van der Waals surface area contributed by atoms with Gasteiger partial charge in [0, 0.05) is 17.2 Å². The van der Waals surface area contributed by atoms with Crippen molar-refractivity contribution in [3.8, 4) is 0 Å². The molecule has 148 valence electrons. The van der Waals surface area contributed by atoms with Crippen molar-refractivity contribution in [3.63, 3.8) is 0 Å². The van der Waals surface area contributed by atoms with Crippen molar-refractivity contribution in [1.29, 1.82) is 0 Å². The van der Waals surface area contributed by atoms with Crippen LogP contribution in [-0.4, -0.2) is 53.4 Å². The van der Waals surface area contributed by atoms with Gasteiger partial charge < -0.3 is 20.1 Å². The first kappa shape index (κ1) is 18.8. The van der Waals surface area contributed by atoms with Gasteiger partial charge in [0.25, 0.3) is 5.91 Å². The average molecular weight is 382 g/mol. The number of hydrogen-bond acceptors (Lipinski definition) is 6. The topological polar surface area (TPSA) is 85.4 Å². The van der Waals surface area contributed by atoms with E-state index in [1.165, 1.54) is 0 Å². The molecular formula is C21H26N4O3. The number of nitrogens with zero attached hydrogens (tertiary/aromatic N) is 2. The molecule has 2 aromatic rings. The van der Waals surface area contributed by atoms with Gasteiger partial charge in [-0.05, 0) is 18.2 Å². The zero-order valence-electron chi connectivity index (χ0n) is 16.4. The fraction of sp³-hybridized carbons (Fsp3) is 0.476. The van der Waals surface area contributed by atoms with Crippen LogP contribution in [-0.2, 0) is 14.9 Å². The van der Waals surface area contributed by atoms with Crippen molar-refractivity contribution >= 4 is 11.9 Å². The van der Waals surface area contributed by atoms with Crippen molar-refractivity contribution in [1.82, 2.24) is 15.3 Å². The van der Waals surface area contributed by atoms with Crippen LogP contribution in [0.15, 0.2) is 42.6 Å². The van der Waals surface area contributed by atoms with E-state index in [9.17, 15) is 4.79 Å². The molecule has 28 heavy (non-hydrogen) atoms. The van der Waals surface area contributed by atoms with Crippen LogP contribution in [0, 0.1) is 0 Å². The van der Waals surface area contributed by atoms with E-state index in [0.717, 1.165) is 5.69 Å². The quantitative estimate of drug-likeness (QED) is 0.843. The summed E-state index contributed by atoms with van der Waals surface area (Å²) in [6, 6.07) is 10.9. The summed E-state index contributed by atoms with van der Waals surface area (Å²) in [7, 11) is 0. The van der Waals surface area contributed by atoms with Gasteiger partial charge in [-0.3, -0.25) is 4.79 Å². The molecule has 7 nitrogen and oxygen atoms in total. The van der Waals surface area contributed by atoms with Gasteiger partial charge >= 0.3 is 0 Å². The van der Waals surface area contributed by atoms with E-state index in [4.69, 9.17) is 9.47 Å². The van der Waals surface area contributed by atoms with E-state index >= 15 is 0 Å². The first-order valence-electron chi connectivity index (χ1n) is 9.61. The molecule has 4 rings (SSSR count). The second-order valence-electron chi connectivity index (χ2n) is 8.31. The number of amides is 1. The number of fused-ring (bicyclic) bond motifs is 1. The molecule has 2 N–H and O–H groups in total. The van der Waals surface area contributed by atoms with Crippen LogP contribution in [0.5, 0.6) is 0 Å². The van der Waals surface area contributed by atoms with Crippen LogP contribution in [0.2, 0.25) is 0 Å². The number of anilines is 1. The maximum atomic E-state index is 12.4. The lowest BCUT2D eigenvalue weighted by Crippen LogP contribution is -2.44. The van der Waals surface area contributed by atoms with E-state index < -0.39 is 0 Å². The number of rotatable bonds is 4. The van der Waals surface area contributed by atoms with Crippen molar-refractivity contribution < 1.29 is 14.3 Å². The van der Waals surface area contributed by atoms with Gasteiger partial charge in [0.15, 0.2) is 0 Å². The van der Waals surface area contributed by atoms with Crippen molar-refractivity contribution in [2.45, 2.75) is 50.5 Å². The SMILES string of the molecule is CC(C)(C)c1ccnc(N[C@H]2CO[C@H]3[C@@H]2OC[C@@H]3NC(=O)c2ccccc2)n1. The second-order valence-corrected chi connectivity index (χ2v) is 8.31. The summed E-state index contributed by atoms with van der Waals surface area (Å²) in [6.07, 6.45) is 1.43. The van der Waals surface area contributed by atoms with Gasteiger partial charge in [0.2, 0.25) is 5.95 Å². The lowest BCUT2D eigenvalue weighted by molar-refractivity contribution is 0.0652. The summed E-state index contributed by atoms with van der Waals surface area (Å²) in [4.78, 5) is 21.4. The van der Waals surface area contributed by atoms with Crippen LogP contribution < -0.4 is 10.6 Å². The zero-order chi connectivity index (χ0) is 19.7. The zero-order valence-corrected chi connectivity index (χ0v) is 16.4. The van der Waals surface area contributed by atoms with Crippen LogP contribution in [0.25, 0.3) is 0 Å². The third kappa shape index (κ3) is 3.86. The molecule has 0 saturated carbocycles. The fourth-order valence-corrected chi connectivity index (χ4v) is 3.60. The Morgan fingerprint density at radius 1 is 1.04 bits per heavy atom. The minimum atomic E-state index is -0.184. The highest BCUT2D eigenvalue weighted by atomic mass is 16.6. The molecule has 1 aromatic carbocycles. The summed E-state index contributed by atoms with van der Waals surface area (Å²) in [5, 5.41) is 6.38. The lowest BCUT2D eigenvalue weighted by atomic mass is 9.92.